The standard InChI is InChI=1S/C24H18N2O2/c25-13-9-11-14(12-10-13)26-23(27)21-19-15-5-1-2-6-16(15)20(22(21)24(26)28)18-8-4-3-7-17(18)19/h1-12,19-22H,25H2/t19?,20?,21-,22-/m0/s1. The Balaban J connectivity index is 1.57. The van der Waals surface area contributed by atoms with Crippen LogP contribution in [0.5, 0.6) is 0 Å². The molecule has 4 heteroatoms. The highest BCUT2D eigenvalue weighted by molar-refractivity contribution is 6.23. The summed E-state index contributed by atoms with van der Waals surface area (Å²) in [7, 11) is 0. The van der Waals surface area contributed by atoms with Crippen LogP contribution >= 0.6 is 0 Å². The number of benzene rings is 3. The van der Waals surface area contributed by atoms with Gasteiger partial charge in [-0.05, 0) is 46.5 Å². The number of nitrogens with two attached hydrogens (primary N) is 1. The van der Waals surface area contributed by atoms with Gasteiger partial charge in [0.1, 0.15) is 0 Å². The van der Waals surface area contributed by atoms with Gasteiger partial charge >= 0.3 is 0 Å². The minimum absolute atomic E-state index is 0.0716. The lowest BCUT2D eigenvalue weighted by molar-refractivity contribution is -0.122. The normalized spacial score (nSPS) is 26.8. The van der Waals surface area contributed by atoms with Crippen LogP contribution < -0.4 is 10.6 Å². The smallest absolute Gasteiger partial charge is 0.238 e. The van der Waals surface area contributed by atoms with Crippen molar-refractivity contribution in [2.75, 3.05) is 10.6 Å². The van der Waals surface area contributed by atoms with E-state index in [-0.39, 0.29) is 35.5 Å². The zero-order valence-corrected chi connectivity index (χ0v) is 15.1. The number of amides is 2. The van der Waals surface area contributed by atoms with Crippen molar-refractivity contribution in [3.63, 3.8) is 0 Å². The van der Waals surface area contributed by atoms with Crippen LogP contribution in [0, 0.1) is 11.8 Å². The minimum Gasteiger partial charge on any atom is -0.399 e. The lowest BCUT2D eigenvalue weighted by atomic mass is 9.55. The van der Waals surface area contributed by atoms with Crippen molar-refractivity contribution in [3.05, 3.63) is 95.1 Å². The molecule has 4 nitrogen and oxygen atoms in total. The summed E-state index contributed by atoms with van der Waals surface area (Å²) < 4.78 is 0. The Morgan fingerprint density at radius 1 is 0.607 bits per heavy atom. The summed E-state index contributed by atoms with van der Waals surface area (Å²) in [5.41, 5.74) is 11.8. The molecule has 0 aromatic heterocycles. The van der Waals surface area contributed by atoms with Crippen LogP contribution in [0.2, 0.25) is 0 Å². The van der Waals surface area contributed by atoms with E-state index < -0.39 is 0 Å². The highest BCUT2D eigenvalue weighted by Gasteiger charge is 2.61. The van der Waals surface area contributed by atoms with E-state index in [1.54, 1.807) is 24.3 Å². The molecule has 1 heterocycles. The number of imide groups is 1. The number of nitrogens with zero attached hydrogens (tertiary/aromatic N) is 1. The minimum atomic E-state index is -0.347. The summed E-state index contributed by atoms with van der Waals surface area (Å²) in [6, 6.07) is 23.5. The molecular weight excluding hydrogens is 348 g/mol. The van der Waals surface area contributed by atoms with E-state index in [0.29, 0.717) is 11.4 Å². The average Bonchev–Trinajstić information content (AvgIpc) is 3.00. The third-order valence-corrected chi connectivity index (χ3v) is 6.60. The second-order valence-corrected chi connectivity index (χ2v) is 7.87. The number of hydrogen-bond acceptors (Lipinski definition) is 3. The lowest BCUT2D eigenvalue weighted by Crippen LogP contribution is -2.41. The van der Waals surface area contributed by atoms with E-state index in [9.17, 15) is 9.59 Å². The molecule has 3 aromatic rings. The molecule has 2 amide bonds. The number of anilines is 2. The first-order chi connectivity index (χ1) is 13.7. The summed E-state index contributed by atoms with van der Waals surface area (Å²) in [6.45, 7) is 0. The second-order valence-electron chi connectivity index (χ2n) is 7.87. The molecule has 1 aliphatic heterocycles. The Labute approximate surface area is 162 Å². The fourth-order valence-electron chi connectivity index (χ4n) is 5.56. The van der Waals surface area contributed by atoms with Gasteiger partial charge in [-0.3, -0.25) is 9.59 Å². The summed E-state index contributed by atoms with van der Waals surface area (Å²) >= 11 is 0. The average molecular weight is 366 g/mol. The first-order valence-electron chi connectivity index (χ1n) is 9.58. The van der Waals surface area contributed by atoms with Gasteiger partial charge < -0.3 is 5.73 Å². The van der Waals surface area contributed by atoms with E-state index in [0.717, 1.165) is 0 Å². The maximum atomic E-state index is 13.5. The molecule has 3 aliphatic carbocycles. The van der Waals surface area contributed by atoms with Gasteiger partial charge in [0.05, 0.1) is 17.5 Å². The zero-order chi connectivity index (χ0) is 19.0. The summed E-state index contributed by atoms with van der Waals surface area (Å²) in [6.07, 6.45) is 0. The largest absolute Gasteiger partial charge is 0.399 e. The van der Waals surface area contributed by atoms with Crippen molar-refractivity contribution < 1.29 is 9.59 Å². The Kier molecular flexibility index (Phi) is 2.97. The van der Waals surface area contributed by atoms with Gasteiger partial charge in [-0.2, -0.15) is 0 Å². The molecule has 2 N–H and O–H groups in total. The molecule has 1 fully saturated rings. The van der Waals surface area contributed by atoms with E-state index >= 15 is 0 Å². The molecule has 136 valence electrons. The zero-order valence-electron chi connectivity index (χ0n) is 15.1. The van der Waals surface area contributed by atoms with Gasteiger partial charge in [0, 0.05) is 17.5 Å². The van der Waals surface area contributed by atoms with Crippen molar-refractivity contribution in [2.24, 2.45) is 11.8 Å². The quantitative estimate of drug-likeness (QED) is 0.528. The number of carbonyl (C=O) groups is 2. The van der Waals surface area contributed by atoms with Crippen LogP contribution in [0.15, 0.2) is 72.8 Å². The first-order valence-corrected chi connectivity index (χ1v) is 9.58. The summed E-state index contributed by atoms with van der Waals surface area (Å²) in [5, 5.41) is 0. The van der Waals surface area contributed by atoms with Gasteiger partial charge in [0.2, 0.25) is 11.8 Å². The Morgan fingerprint density at radius 2 is 1.00 bits per heavy atom. The molecular formula is C24H18N2O2. The highest BCUT2D eigenvalue weighted by Crippen LogP contribution is 2.61. The molecule has 4 aliphatic rings. The monoisotopic (exact) mass is 366 g/mol. The maximum absolute atomic E-state index is 13.5. The van der Waals surface area contributed by atoms with Crippen LogP contribution in [0.1, 0.15) is 34.1 Å². The molecule has 0 radical (unpaired) electrons. The molecule has 0 saturated carbocycles. The van der Waals surface area contributed by atoms with Crippen LogP contribution in [-0.4, -0.2) is 11.8 Å². The fraction of sp³-hybridized carbons (Fsp3) is 0.167. The van der Waals surface area contributed by atoms with Crippen LogP contribution in [0.4, 0.5) is 11.4 Å². The molecule has 2 bridgehead atoms. The van der Waals surface area contributed by atoms with E-state index in [1.807, 2.05) is 24.3 Å². The molecule has 3 aromatic carbocycles. The summed E-state index contributed by atoms with van der Waals surface area (Å²) in [4.78, 5) is 28.4. The predicted molar refractivity (Wildman–Crippen MR) is 107 cm³/mol. The Bertz CT molecular complexity index is 1040. The van der Waals surface area contributed by atoms with Crippen molar-refractivity contribution in [2.45, 2.75) is 11.8 Å². The third-order valence-electron chi connectivity index (χ3n) is 6.60. The highest BCUT2D eigenvalue weighted by atomic mass is 16.2. The molecule has 7 rings (SSSR count). The topological polar surface area (TPSA) is 63.4 Å². The van der Waals surface area contributed by atoms with E-state index in [2.05, 4.69) is 24.3 Å². The Morgan fingerprint density at radius 3 is 1.39 bits per heavy atom. The van der Waals surface area contributed by atoms with E-state index in [1.165, 1.54) is 27.2 Å². The van der Waals surface area contributed by atoms with Gasteiger partial charge in [-0.15, -0.1) is 0 Å². The number of nitrogen functional groups attached to an aromatic ring is 1. The first kappa shape index (κ1) is 15.6. The third kappa shape index (κ3) is 1.80. The van der Waals surface area contributed by atoms with Crippen molar-refractivity contribution >= 4 is 23.2 Å². The Hall–Kier alpha value is -3.40. The maximum Gasteiger partial charge on any atom is 0.238 e. The van der Waals surface area contributed by atoms with Gasteiger partial charge in [0.25, 0.3) is 0 Å². The SMILES string of the molecule is Nc1ccc(N2C(=O)[C@H]3C4c5ccccc5C(c5ccccc54)[C@@H]3C2=O)cc1. The van der Waals surface area contributed by atoms with E-state index in [4.69, 9.17) is 5.73 Å². The number of rotatable bonds is 1. The van der Waals surface area contributed by atoms with Crippen molar-refractivity contribution in [1.29, 1.82) is 0 Å². The van der Waals surface area contributed by atoms with Crippen LogP contribution in [0.3, 0.4) is 0 Å². The van der Waals surface area contributed by atoms with Crippen LogP contribution in [0.25, 0.3) is 0 Å². The molecule has 1 saturated heterocycles. The van der Waals surface area contributed by atoms with Gasteiger partial charge in [-0.1, -0.05) is 48.5 Å². The number of hydrogen-bond donors (Lipinski definition) is 1. The summed E-state index contributed by atoms with van der Waals surface area (Å²) in [5.74, 6) is -1.03. The van der Waals surface area contributed by atoms with Gasteiger partial charge in [0.15, 0.2) is 0 Å². The molecule has 0 unspecified atom stereocenters. The molecule has 2 atom stereocenters. The van der Waals surface area contributed by atoms with Crippen LogP contribution in [-0.2, 0) is 9.59 Å². The van der Waals surface area contributed by atoms with Crippen molar-refractivity contribution in [3.8, 4) is 0 Å². The van der Waals surface area contributed by atoms with Crippen molar-refractivity contribution in [1.82, 2.24) is 0 Å². The second kappa shape index (κ2) is 5.32. The lowest BCUT2D eigenvalue weighted by Gasteiger charge is -2.45. The van der Waals surface area contributed by atoms with Gasteiger partial charge in [-0.25, -0.2) is 4.90 Å². The fourth-order valence-corrected chi connectivity index (χ4v) is 5.56. The predicted octanol–water partition coefficient (Wildman–Crippen LogP) is 3.67. The molecule has 28 heavy (non-hydrogen) atoms. The molecule has 0 spiro atoms. The number of carbonyl (C=O) groups excluding carboxylic acids is 2.